The summed E-state index contributed by atoms with van der Waals surface area (Å²) in [5.41, 5.74) is 3.52. The summed E-state index contributed by atoms with van der Waals surface area (Å²) in [6.07, 6.45) is 13.1. The molecule has 1 N–H and O–H groups in total. The fourth-order valence-corrected chi connectivity index (χ4v) is 14.4. The Hall–Kier alpha value is -2.11. The van der Waals surface area contributed by atoms with Crippen molar-refractivity contribution < 1.29 is 21.6 Å². The van der Waals surface area contributed by atoms with E-state index in [1.165, 1.54) is 22.3 Å². The fourth-order valence-electron chi connectivity index (χ4n) is 9.34. The zero-order valence-corrected chi connectivity index (χ0v) is 37.4. The Kier molecular flexibility index (Phi) is 12.4. The molecule has 4 aliphatic heterocycles. The van der Waals surface area contributed by atoms with Crippen molar-refractivity contribution in [3.05, 3.63) is 77.6 Å². The molecule has 0 amide bonds. The number of nitrogens with zero attached hydrogens (tertiary/aromatic N) is 5. The summed E-state index contributed by atoms with van der Waals surface area (Å²) in [5.74, 6) is 0.519. The van der Waals surface area contributed by atoms with Crippen molar-refractivity contribution in [1.29, 1.82) is 0 Å². The van der Waals surface area contributed by atoms with E-state index in [2.05, 4.69) is 28.4 Å². The van der Waals surface area contributed by atoms with Gasteiger partial charge in [-0.05, 0) is 113 Å². The molecule has 17 heteroatoms. The molecular weight excluding hydrogens is 832 g/mol. The Labute approximate surface area is 349 Å². The van der Waals surface area contributed by atoms with Crippen molar-refractivity contribution in [2.24, 2.45) is 5.41 Å². The van der Waals surface area contributed by atoms with Crippen LogP contribution in [-0.4, -0.2) is 88.0 Å². The summed E-state index contributed by atoms with van der Waals surface area (Å²) >= 11 is 15.2. The van der Waals surface area contributed by atoms with Crippen LogP contribution in [0.15, 0.2) is 36.4 Å². The van der Waals surface area contributed by atoms with Gasteiger partial charge in [0.25, 0.3) is 5.91 Å². The molecule has 4 bridgehead atoms. The summed E-state index contributed by atoms with van der Waals surface area (Å²) in [5, 5.41) is 12.5. The first-order valence-corrected chi connectivity index (χ1v) is 25.5. The first-order chi connectivity index (χ1) is 26.3. The van der Waals surface area contributed by atoms with Crippen LogP contribution in [-0.2, 0) is 45.7 Å². The smallest absolute Gasteiger partial charge is 0.252 e. The van der Waals surface area contributed by atoms with Crippen LogP contribution in [0.2, 0.25) is 8.67 Å². The van der Waals surface area contributed by atoms with E-state index in [-0.39, 0.29) is 36.0 Å². The van der Waals surface area contributed by atoms with Gasteiger partial charge in [-0.25, -0.2) is 21.5 Å². The Morgan fingerprint density at radius 1 is 0.732 bits per heavy atom. The maximum absolute atomic E-state index is 13.1. The lowest BCUT2D eigenvalue weighted by Gasteiger charge is -2.36. The third kappa shape index (κ3) is 9.51. The van der Waals surface area contributed by atoms with E-state index >= 15 is 0 Å². The second-order valence-electron chi connectivity index (χ2n) is 17.0. The second-order valence-corrected chi connectivity index (χ2v) is 24.4. The highest BCUT2D eigenvalue weighted by atomic mass is 35.5. The van der Waals surface area contributed by atoms with Crippen LogP contribution in [0.4, 0.5) is 0 Å². The normalized spacial score (nSPS) is 25.7. The zero-order chi connectivity index (χ0) is 40.2. The number of H-pyrrole nitrogens is 1. The topological polar surface area (TPSA) is 138 Å². The number of aromatic amines is 1. The molecule has 8 heterocycles. The molecule has 8 rings (SSSR count). The Morgan fingerprint density at radius 2 is 1.20 bits per heavy atom. The van der Waals surface area contributed by atoms with E-state index in [0.29, 0.717) is 12.3 Å². The number of carbonyl (C=O) groups is 1. The number of hydrogen-bond acceptors (Lipinski definition) is 9. The van der Waals surface area contributed by atoms with Crippen molar-refractivity contribution in [2.75, 3.05) is 12.5 Å². The van der Waals surface area contributed by atoms with E-state index in [1.54, 1.807) is 36.0 Å². The van der Waals surface area contributed by atoms with Gasteiger partial charge in [0.05, 0.1) is 32.6 Å². The maximum Gasteiger partial charge on any atom is 0.252 e. The van der Waals surface area contributed by atoms with Gasteiger partial charge in [-0.1, -0.05) is 44.0 Å². The molecular formula is C39H52Cl2N6O5S4. The molecule has 56 heavy (non-hydrogen) atoms. The van der Waals surface area contributed by atoms with Gasteiger partial charge in [0.2, 0.25) is 20.0 Å². The molecule has 4 aromatic rings. The molecule has 4 saturated heterocycles. The van der Waals surface area contributed by atoms with E-state index < -0.39 is 25.5 Å². The Balaban J connectivity index is 0.000000175. The summed E-state index contributed by atoms with van der Waals surface area (Å²) < 4.78 is 55.1. The number of aromatic nitrogens is 4. The van der Waals surface area contributed by atoms with Crippen molar-refractivity contribution in [3.63, 3.8) is 0 Å². The summed E-state index contributed by atoms with van der Waals surface area (Å²) in [6, 6.07) is 12.5. The standard InChI is InChI=1S/C22H30ClN3O3S2.C17H22ClN3O2S2/c1-22(2,3)21(27)25-15(7-8-18-9-10-20(23)30-18)13-19(24-25)14-11-16-5-6-17(12-14)26(16)31(4,28)29;1-25(22,23)21-13-3-4-14(21)9-11(8-13)16-10-12(19-20-16)2-5-15-6-7-17(18)24-15/h9-10,13-14,16-17H,5-8,11-12H2,1-4H3;6-7,10-11,13-14H,2-5,8-9H2,1H3,(H,19,20). The minimum atomic E-state index is -3.20. The Bertz CT molecular complexity index is 2230. The van der Waals surface area contributed by atoms with Gasteiger partial charge in [-0.3, -0.25) is 9.89 Å². The SMILES string of the molecule is CC(C)(C)C(=O)n1nc(C2CC3CCC(C2)N3S(C)(=O)=O)cc1CCc1ccc(Cl)s1.CS(=O)(=O)N1C2CCC1CC(c1cc(CCc3ccc(Cl)s3)[nH]n1)C2. The molecule has 0 radical (unpaired) electrons. The summed E-state index contributed by atoms with van der Waals surface area (Å²) in [4.78, 5) is 15.6. The summed E-state index contributed by atoms with van der Waals surface area (Å²) in [7, 11) is -6.30. The van der Waals surface area contributed by atoms with Gasteiger partial charge in [0, 0.05) is 62.6 Å². The monoisotopic (exact) mass is 882 g/mol. The number of carbonyl (C=O) groups excluding carboxylic acids is 1. The molecule has 0 aromatic carbocycles. The number of aryl methyl sites for hydroxylation is 4. The highest BCUT2D eigenvalue weighted by Crippen LogP contribution is 2.45. The number of piperidine rings is 2. The van der Waals surface area contributed by atoms with E-state index in [0.717, 1.165) is 102 Å². The van der Waals surface area contributed by atoms with Crippen LogP contribution in [0.1, 0.15) is 121 Å². The molecule has 0 spiro atoms. The minimum absolute atomic E-state index is 0.0190. The van der Waals surface area contributed by atoms with Crippen molar-refractivity contribution >= 4 is 71.8 Å². The number of thiophene rings is 2. The number of sulfonamides is 2. The molecule has 306 valence electrons. The number of nitrogens with one attached hydrogen (secondary N) is 1. The average Bonchev–Trinajstić information content (AvgIpc) is 3.97. The van der Waals surface area contributed by atoms with Gasteiger partial charge in [0.1, 0.15) is 0 Å². The highest BCUT2D eigenvalue weighted by molar-refractivity contribution is 7.88. The van der Waals surface area contributed by atoms with Crippen LogP contribution in [0.3, 0.4) is 0 Å². The molecule has 0 saturated carbocycles. The second kappa shape index (κ2) is 16.5. The lowest BCUT2D eigenvalue weighted by molar-refractivity contribution is 0.0743. The lowest BCUT2D eigenvalue weighted by Crippen LogP contribution is -2.45. The average molecular weight is 884 g/mol. The molecule has 0 aliphatic carbocycles. The van der Waals surface area contributed by atoms with E-state index in [9.17, 15) is 21.6 Å². The van der Waals surface area contributed by atoms with Crippen LogP contribution in [0.5, 0.6) is 0 Å². The van der Waals surface area contributed by atoms with Crippen LogP contribution in [0.25, 0.3) is 0 Å². The Morgan fingerprint density at radius 3 is 1.62 bits per heavy atom. The predicted molar refractivity (Wildman–Crippen MR) is 225 cm³/mol. The molecule has 11 nitrogen and oxygen atoms in total. The number of halogens is 2. The van der Waals surface area contributed by atoms with E-state index in [4.69, 9.17) is 28.3 Å². The van der Waals surface area contributed by atoms with Crippen molar-refractivity contribution in [1.82, 2.24) is 28.6 Å². The summed E-state index contributed by atoms with van der Waals surface area (Å²) in [6.45, 7) is 5.72. The molecule has 4 atom stereocenters. The number of hydrogen-bond donors (Lipinski definition) is 1. The quantitative estimate of drug-likeness (QED) is 0.169. The van der Waals surface area contributed by atoms with Gasteiger partial charge in [-0.2, -0.15) is 18.8 Å². The predicted octanol–water partition coefficient (Wildman–Crippen LogP) is 8.32. The number of rotatable bonds is 10. The van der Waals surface area contributed by atoms with Crippen LogP contribution >= 0.6 is 45.9 Å². The lowest BCUT2D eigenvalue weighted by atomic mass is 9.89. The molecule has 4 aromatic heterocycles. The third-order valence-corrected chi connectivity index (χ3v) is 17.1. The van der Waals surface area contributed by atoms with E-state index in [1.807, 2.05) is 39.0 Å². The van der Waals surface area contributed by atoms with Crippen molar-refractivity contribution in [2.45, 2.75) is 134 Å². The fraction of sp³-hybridized carbons (Fsp3) is 0.615. The maximum atomic E-state index is 13.1. The largest absolute Gasteiger partial charge is 0.282 e. The van der Waals surface area contributed by atoms with Gasteiger partial charge in [0.15, 0.2) is 0 Å². The first kappa shape index (κ1) is 42.0. The van der Waals surface area contributed by atoms with Gasteiger partial charge in [-0.15, -0.1) is 22.7 Å². The van der Waals surface area contributed by atoms with Crippen LogP contribution in [0, 0.1) is 5.41 Å². The number of fused-ring (bicyclic) bond motifs is 4. The van der Waals surface area contributed by atoms with Crippen molar-refractivity contribution in [3.8, 4) is 0 Å². The third-order valence-electron chi connectivity index (χ3n) is 11.7. The zero-order valence-electron chi connectivity index (χ0n) is 32.6. The minimum Gasteiger partial charge on any atom is -0.282 e. The molecule has 4 unspecified atom stereocenters. The first-order valence-electron chi connectivity index (χ1n) is 19.5. The highest BCUT2D eigenvalue weighted by Gasteiger charge is 2.47. The van der Waals surface area contributed by atoms with Gasteiger partial charge >= 0.3 is 0 Å². The molecule has 4 fully saturated rings. The molecule has 4 aliphatic rings. The van der Waals surface area contributed by atoms with Crippen LogP contribution < -0.4 is 0 Å². The van der Waals surface area contributed by atoms with Gasteiger partial charge < -0.3 is 0 Å².